The van der Waals surface area contributed by atoms with Crippen LogP contribution in [0.5, 0.6) is 11.5 Å². The Morgan fingerprint density at radius 2 is 1.86 bits per heavy atom. The fraction of sp³-hybridized carbons (Fsp3) is 0.263. The number of hydrogen-bond acceptors (Lipinski definition) is 5. The number of halogens is 2. The van der Waals surface area contributed by atoms with Crippen molar-refractivity contribution in [1.82, 2.24) is 10.9 Å². The van der Waals surface area contributed by atoms with Gasteiger partial charge >= 0.3 is 0 Å². The van der Waals surface area contributed by atoms with E-state index in [1.54, 1.807) is 30.3 Å². The van der Waals surface area contributed by atoms with Gasteiger partial charge in [0.25, 0.3) is 5.91 Å². The van der Waals surface area contributed by atoms with Gasteiger partial charge in [0.05, 0.1) is 24.3 Å². The number of thioether (sulfide) groups is 1. The van der Waals surface area contributed by atoms with Crippen LogP contribution >= 0.6 is 35.0 Å². The summed E-state index contributed by atoms with van der Waals surface area (Å²) in [5.74, 6) is 0.147. The molecule has 150 valence electrons. The van der Waals surface area contributed by atoms with Gasteiger partial charge in [-0.3, -0.25) is 20.4 Å². The fourth-order valence-corrected chi connectivity index (χ4v) is 3.14. The molecular weight excluding hydrogens is 423 g/mol. The van der Waals surface area contributed by atoms with Crippen molar-refractivity contribution in [2.45, 2.75) is 17.7 Å². The first-order valence-electron chi connectivity index (χ1n) is 8.33. The van der Waals surface area contributed by atoms with E-state index in [0.717, 1.165) is 4.90 Å². The Labute approximate surface area is 177 Å². The summed E-state index contributed by atoms with van der Waals surface area (Å²) in [5, 5.41) is 0.929. The van der Waals surface area contributed by atoms with Crippen LogP contribution in [0.25, 0.3) is 0 Å². The Morgan fingerprint density at radius 3 is 2.54 bits per heavy atom. The normalized spacial score (nSPS) is 10.3. The maximum atomic E-state index is 12.2. The molecule has 9 heteroatoms. The summed E-state index contributed by atoms with van der Waals surface area (Å²) in [7, 11) is 1.49. The molecule has 6 nitrogen and oxygen atoms in total. The van der Waals surface area contributed by atoms with Gasteiger partial charge in [0.15, 0.2) is 0 Å². The van der Waals surface area contributed by atoms with Crippen LogP contribution in [0.1, 0.15) is 23.2 Å². The zero-order chi connectivity index (χ0) is 20.5. The van der Waals surface area contributed by atoms with E-state index in [-0.39, 0.29) is 12.3 Å². The lowest BCUT2D eigenvalue weighted by atomic mass is 10.2. The van der Waals surface area contributed by atoms with Crippen molar-refractivity contribution < 1.29 is 19.1 Å². The summed E-state index contributed by atoms with van der Waals surface area (Å²) in [5.41, 5.74) is 5.10. The van der Waals surface area contributed by atoms with Crippen molar-refractivity contribution in [2.75, 3.05) is 20.0 Å². The standard InChI is InChI=1S/C19H20Cl2N2O4S/c1-26-17-11-13(28-2)6-7-14(17)19(25)23-22-18(24)4-3-9-27-16-8-5-12(20)10-15(16)21/h5-8,10-11H,3-4,9H2,1-2H3,(H,22,24)(H,23,25). The minimum absolute atomic E-state index is 0.175. The Kier molecular flexibility index (Phi) is 8.76. The fourth-order valence-electron chi connectivity index (χ4n) is 2.25. The number of hydrogen-bond donors (Lipinski definition) is 2. The molecule has 0 fully saturated rings. The Hall–Kier alpha value is -2.09. The number of hydrazine groups is 1. The average Bonchev–Trinajstić information content (AvgIpc) is 2.70. The number of carbonyl (C=O) groups excluding carboxylic acids is 2. The van der Waals surface area contributed by atoms with E-state index in [1.807, 2.05) is 12.3 Å². The summed E-state index contributed by atoms with van der Waals surface area (Å²) in [6.45, 7) is 0.298. The van der Waals surface area contributed by atoms with Crippen LogP contribution in [0.4, 0.5) is 0 Å². The van der Waals surface area contributed by atoms with Crippen molar-refractivity contribution in [3.63, 3.8) is 0 Å². The highest BCUT2D eigenvalue weighted by atomic mass is 35.5. The third kappa shape index (κ3) is 6.51. The van der Waals surface area contributed by atoms with Gasteiger partial charge in [-0.15, -0.1) is 11.8 Å². The lowest BCUT2D eigenvalue weighted by Gasteiger charge is -2.11. The maximum Gasteiger partial charge on any atom is 0.273 e. The smallest absolute Gasteiger partial charge is 0.273 e. The lowest BCUT2D eigenvalue weighted by molar-refractivity contribution is -0.122. The molecule has 0 spiro atoms. The third-order valence-corrected chi connectivity index (χ3v) is 4.92. The number of methoxy groups -OCH3 is 1. The highest BCUT2D eigenvalue weighted by Crippen LogP contribution is 2.27. The van der Waals surface area contributed by atoms with Gasteiger partial charge in [-0.25, -0.2) is 0 Å². The number of rotatable bonds is 8. The second-order valence-corrected chi connectivity index (χ2v) is 7.32. The molecule has 0 aliphatic heterocycles. The molecular formula is C19H20Cl2N2O4S. The second kappa shape index (κ2) is 11.0. The van der Waals surface area contributed by atoms with Gasteiger partial charge in [0.2, 0.25) is 5.91 Å². The van der Waals surface area contributed by atoms with E-state index in [1.165, 1.54) is 18.9 Å². The van der Waals surface area contributed by atoms with Crippen molar-refractivity contribution >= 4 is 46.8 Å². The molecule has 2 amide bonds. The molecule has 0 saturated carbocycles. The van der Waals surface area contributed by atoms with Crippen LogP contribution < -0.4 is 20.3 Å². The van der Waals surface area contributed by atoms with Crippen molar-refractivity contribution in [3.8, 4) is 11.5 Å². The quantitative estimate of drug-likeness (QED) is 0.361. The van der Waals surface area contributed by atoms with E-state index >= 15 is 0 Å². The van der Waals surface area contributed by atoms with Crippen molar-refractivity contribution in [3.05, 3.63) is 52.0 Å². The molecule has 0 radical (unpaired) electrons. The zero-order valence-electron chi connectivity index (χ0n) is 15.4. The summed E-state index contributed by atoms with van der Waals surface area (Å²) in [6, 6.07) is 10.1. The van der Waals surface area contributed by atoms with Crippen molar-refractivity contribution in [1.29, 1.82) is 0 Å². The minimum atomic E-state index is -0.456. The molecule has 2 rings (SSSR count). The molecule has 2 N–H and O–H groups in total. The SMILES string of the molecule is COc1cc(SC)ccc1C(=O)NNC(=O)CCCOc1ccc(Cl)cc1Cl. The van der Waals surface area contributed by atoms with Crippen LogP contribution in [0.2, 0.25) is 10.0 Å². The molecule has 2 aromatic carbocycles. The molecule has 2 aromatic rings. The van der Waals surface area contributed by atoms with Gasteiger partial charge in [-0.2, -0.15) is 0 Å². The molecule has 0 saturated heterocycles. The Balaban J connectivity index is 1.75. The topological polar surface area (TPSA) is 76.7 Å². The molecule has 0 aromatic heterocycles. The number of amides is 2. The van der Waals surface area contributed by atoms with Gasteiger partial charge in [0.1, 0.15) is 11.5 Å². The molecule has 0 aliphatic carbocycles. The maximum absolute atomic E-state index is 12.2. The number of carbonyl (C=O) groups is 2. The van der Waals surface area contributed by atoms with Crippen molar-refractivity contribution in [2.24, 2.45) is 0 Å². The van der Waals surface area contributed by atoms with Crippen LogP contribution in [-0.2, 0) is 4.79 Å². The van der Waals surface area contributed by atoms with E-state index in [2.05, 4.69) is 10.9 Å². The van der Waals surface area contributed by atoms with Crippen LogP contribution in [0, 0.1) is 0 Å². The molecule has 0 aliphatic rings. The highest BCUT2D eigenvalue weighted by Gasteiger charge is 2.13. The van der Waals surface area contributed by atoms with Gasteiger partial charge < -0.3 is 9.47 Å². The van der Waals surface area contributed by atoms with Crippen LogP contribution in [0.15, 0.2) is 41.3 Å². The summed E-state index contributed by atoms with van der Waals surface area (Å²) < 4.78 is 10.7. The first-order chi connectivity index (χ1) is 13.4. The van der Waals surface area contributed by atoms with E-state index in [4.69, 9.17) is 32.7 Å². The van der Waals surface area contributed by atoms with Crippen LogP contribution in [0.3, 0.4) is 0 Å². The first-order valence-corrected chi connectivity index (χ1v) is 10.3. The van der Waals surface area contributed by atoms with Gasteiger partial charge in [-0.05, 0) is 49.1 Å². The Bertz CT molecular complexity index is 849. The summed E-state index contributed by atoms with van der Waals surface area (Å²) in [4.78, 5) is 25.1. The van der Waals surface area contributed by atoms with Gasteiger partial charge in [0, 0.05) is 16.3 Å². The Morgan fingerprint density at radius 1 is 1.07 bits per heavy atom. The number of nitrogens with one attached hydrogen (secondary N) is 2. The van der Waals surface area contributed by atoms with Crippen LogP contribution in [-0.4, -0.2) is 31.8 Å². The van der Waals surface area contributed by atoms with E-state index < -0.39 is 5.91 Å². The zero-order valence-corrected chi connectivity index (χ0v) is 17.7. The molecule has 0 heterocycles. The third-order valence-electron chi connectivity index (χ3n) is 3.67. The summed E-state index contributed by atoms with van der Waals surface area (Å²) in [6.07, 6.45) is 2.56. The molecule has 28 heavy (non-hydrogen) atoms. The predicted molar refractivity (Wildman–Crippen MR) is 112 cm³/mol. The first kappa shape index (κ1) is 22.2. The van der Waals surface area contributed by atoms with E-state index in [0.29, 0.717) is 40.1 Å². The van der Waals surface area contributed by atoms with E-state index in [9.17, 15) is 9.59 Å². The number of ether oxygens (including phenoxy) is 2. The predicted octanol–water partition coefficient (Wildman–Crippen LogP) is 4.34. The van der Waals surface area contributed by atoms with Gasteiger partial charge in [-0.1, -0.05) is 23.2 Å². The average molecular weight is 443 g/mol. The summed E-state index contributed by atoms with van der Waals surface area (Å²) >= 11 is 13.4. The second-order valence-electron chi connectivity index (χ2n) is 5.60. The molecule has 0 atom stereocenters. The molecule has 0 unspecified atom stereocenters. The largest absolute Gasteiger partial charge is 0.496 e. The number of benzene rings is 2. The molecule has 0 bridgehead atoms. The highest BCUT2D eigenvalue weighted by molar-refractivity contribution is 7.98. The minimum Gasteiger partial charge on any atom is -0.496 e. The lowest BCUT2D eigenvalue weighted by Crippen LogP contribution is -2.41. The monoisotopic (exact) mass is 442 g/mol.